The second-order valence-corrected chi connectivity index (χ2v) is 8.14. The van der Waals surface area contributed by atoms with Crippen LogP contribution in [-0.4, -0.2) is 59.2 Å². The zero-order chi connectivity index (χ0) is 19.3. The number of piperidine rings is 1. The summed E-state index contributed by atoms with van der Waals surface area (Å²) in [4.78, 5) is 16.8. The Labute approximate surface area is 161 Å². The van der Waals surface area contributed by atoms with Crippen LogP contribution >= 0.6 is 0 Å². The van der Waals surface area contributed by atoms with E-state index < -0.39 is 0 Å². The molecule has 3 atom stereocenters. The number of anilines is 1. The van der Waals surface area contributed by atoms with Gasteiger partial charge >= 0.3 is 6.03 Å². The molecule has 2 amide bonds. The molecule has 1 saturated heterocycles. The van der Waals surface area contributed by atoms with E-state index in [0.717, 1.165) is 38.2 Å². The van der Waals surface area contributed by atoms with E-state index in [9.17, 15) is 4.79 Å². The third-order valence-corrected chi connectivity index (χ3v) is 6.51. The molecule has 0 spiro atoms. The van der Waals surface area contributed by atoms with Gasteiger partial charge in [0.1, 0.15) is 0 Å². The van der Waals surface area contributed by atoms with E-state index in [4.69, 9.17) is 5.73 Å². The molecule has 4 rings (SSSR count). The SMILES string of the molecule is CCN(CC)C(=O)N[C@H]1CC2c3cc(N)cc4c3c(cn4C)C[C@H]2N(C)C1. The number of nitrogens with one attached hydrogen (secondary N) is 1. The van der Waals surface area contributed by atoms with Gasteiger partial charge in [0.05, 0.1) is 5.52 Å². The van der Waals surface area contributed by atoms with E-state index in [0.29, 0.717) is 12.0 Å². The van der Waals surface area contributed by atoms with Crippen molar-refractivity contribution >= 4 is 22.6 Å². The van der Waals surface area contributed by atoms with Crippen LogP contribution in [0.4, 0.5) is 10.5 Å². The highest BCUT2D eigenvalue weighted by molar-refractivity contribution is 5.91. The first-order valence-corrected chi connectivity index (χ1v) is 10.1. The fourth-order valence-corrected chi connectivity index (χ4v) is 5.18. The van der Waals surface area contributed by atoms with Crippen molar-refractivity contribution in [1.82, 2.24) is 19.7 Å². The molecule has 0 bridgehead atoms. The number of carbonyl (C=O) groups excluding carboxylic acids is 1. The van der Waals surface area contributed by atoms with Crippen LogP contribution in [0.5, 0.6) is 0 Å². The number of nitrogens with two attached hydrogens (primary N) is 1. The smallest absolute Gasteiger partial charge is 0.317 e. The van der Waals surface area contributed by atoms with Crippen LogP contribution in [0.3, 0.4) is 0 Å². The van der Waals surface area contributed by atoms with Crippen molar-refractivity contribution in [2.24, 2.45) is 7.05 Å². The van der Waals surface area contributed by atoms with Crippen molar-refractivity contribution in [3.8, 4) is 0 Å². The number of likely N-dealkylation sites (N-methyl/N-ethyl adjacent to an activating group) is 1. The average Bonchev–Trinajstić information content (AvgIpc) is 2.93. The maximum absolute atomic E-state index is 12.6. The second kappa shape index (κ2) is 6.75. The summed E-state index contributed by atoms with van der Waals surface area (Å²) in [5.74, 6) is 0.395. The van der Waals surface area contributed by atoms with Crippen LogP contribution in [0.1, 0.15) is 37.3 Å². The summed E-state index contributed by atoms with van der Waals surface area (Å²) in [5, 5.41) is 4.64. The summed E-state index contributed by atoms with van der Waals surface area (Å²) in [5.41, 5.74) is 11.1. The van der Waals surface area contributed by atoms with E-state index in [1.807, 2.05) is 18.7 Å². The Hall–Kier alpha value is -2.21. The van der Waals surface area contributed by atoms with Crippen molar-refractivity contribution in [2.75, 3.05) is 32.4 Å². The largest absolute Gasteiger partial charge is 0.399 e. The fraction of sp³-hybridized carbons (Fsp3) is 0.571. The number of benzene rings is 1. The number of likely N-dealkylation sites (tertiary alicyclic amines) is 1. The summed E-state index contributed by atoms with van der Waals surface area (Å²) >= 11 is 0. The molecule has 6 heteroatoms. The van der Waals surface area contributed by atoms with Crippen LogP contribution in [0.2, 0.25) is 0 Å². The average molecular weight is 370 g/mol. The first-order chi connectivity index (χ1) is 12.9. The first-order valence-electron chi connectivity index (χ1n) is 10.1. The molecule has 2 aliphatic rings. The number of nitrogens with zero attached hydrogens (tertiary/aromatic N) is 3. The van der Waals surface area contributed by atoms with Gasteiger partial charge in [-0.05, 0) is 57.0 Å². The van der Waals surface area contributed by atoms with Crippen LogP contribution in [0, 0.1) is 0 Å². The topological polar surface area (TPSA) is 66.5 Å². The number of carbonyl (C=O) groups is 1. The molecule has 1 aromatic carbocycles. The quantitative estimate of drug-likeness (QED) is 0.817. The Kier molecular flexibility index (Phi) is 4.54. The number of urea groups is 1. The summed E-state index contributed by atoms with van der Waals surface area (Å²) in [6, 6.07) is 4.91. The van der Waals surface area contributed by atoms with Gasteiger partial charge in [-0.2, -0.15) is 0 Å². The Morgan fingerprint density at radius 2 is 2.04 bits per heavy atom. The number of amides is 2. The summed E-state index contributed by atoms with van der Waals surface area (Å²) < 4.78 is 2.20. The molecular formula is C21H31N5O. The van der Waals surface area contributed by atoms with Crippen LogP contribution in [-0.2, 0) is 13.5 Å². The molecule has 1 unspecified atom stereocenters. The van der Waals surface area contributed by atoms with Gasteiger partial charge in [-0.15, -0.1) is 0 Å². The van der Waals surface area contributed by atoms with E-state index in [1.54, 1.807) is 0 Å². The molecule has 2 aromatic rings. The highest BCUT2D eigenvalue weighted by Gasteiger charge is 2.40. The summed E-state index contributed by atoms with van der Waals surface area (Å²) in [6.45, 7) is 6.41. The van der Waals surface area contributed by atoms with Gasteiger partial charge in [0.25, 0.3) is 0 Å². The molecule has 27 heavy (non-hydrogen) atoms. The standard InChI is InChI=1S/C21H31N5O/c1-5-26(6-2)21(27)23-15-10-16-17-8-14(22)9-19-20(17)13(11-24(19)3)7-18(16)25(4)12-15/h8-9,11,15-16,18H,5-7,10,12,22H2,1-4H3,(H,23,27)/t15-,16?,18+/m0/s1. The van der Waals surface area contributed by atoms with Gasteiger partial charge in [0.2, 0.25) is 0 Å². The zero-order valence-electron chi connectivity index (χ0n) is 16.8. The number of rotatable bonds is 3. The van der Waals surface area contributed by atoms with Gasteiger partial charge in [-0.25, -0.2) is 4.79 Å². The molecule has 0 saturated carbocycles. The van der Waals surface area contributed by atoms with Crippen LogP contribution in [0.25, 0.3) is 10.9 Å². The number of hydrogen-bond acceptors (Lipinski definition) is 3. The highest BCUT2D eigenvalue weighted by atomic mass is 16.2. The third kappa shape index (κ3) is 2.96. The monoisotopic (exact) mass is 369 g/mol. The molecule has 0 radical (unpaired) electrons. The minimum atomic E-state index is 0.0470. The molecule has 3 N–H and O–H groups in total. The van der Waals surface area contributed by atoms with Gasteiger partial charge in [-0.3, -0.25) is 0 Å². The minimum Gasteiger partial charge on any atom is -0.399 e. The molecule has 6 nitrogen and oxygen atoms in total. The zero-order valence-corrected chi connectivity index (χ0v) is 16.8. The predicted molar refractivity (Wildman–Crippen MR) is 110 cm³/mol. The van der Waals surface area contributed by atoms with Gasteiger partial charge in [-0.1, -0.05) is 0 Å². The van der Waals surface area contributed by atoms with E-state index in [1.165, 1.54) is 22.0 Å². The molecule has 146 valence electrons. The van der Waals surface area contributed by atoms with Crippen molar-refractivity contribution < 1.29 is 4.79 Å². The Morgan fingerprint density at radius 1 is 1.30 bits per heavy atom. The Morgan fingerprint density at radius 3 is 2.74 bits per heavy atom. The lowest BCUT2D eigenvalue weighted by atomic mass is 9.74. The summed E-state index contributed by atoms with van der Waals surface area (Å²) in [7, 11) is 4.28. The maximum atomic E-state index is 12.6. The number of aryl methyl sites for hydroxylation is 1. The second-order valence-electron chi connectivity index (χ2n) is 8.14. The molecule has 1 fully saturated rings. The lowest BCUT2D eigenvalue weighted by molar-refractivity contribution is 0.124. The number of aromatic nitrogens is 1. The van der Waals surface area contributed by atoms with Gasteiger partial charge in [0.15, 0.2) is 0 Å². The lowest BCUT2D eigenvalue weighted by Crippen LogP contribution is -2.56. The van der Waals surface area contributed by atoms with Crippen molar-refractivity contribution in [2.45, 2.75) is 44.7 Å². The van der Waals surface area contributed by atoms with Crippen molar-refractivity contribution in [3.05, 3.63) is 29.5 Å². The number of hydrogen-bond donors (Lipinski definition) is 2. The molecule has 1 aromatic heterocycles. The number of fused-ring (bicyclic) bond motifs is 2. The van der Waals surface area contributed by atoms with Gasteiger partial charge in [0, 0.05) is 62.0 Å². The van der Waals surface area contributed by atoms with Crippen molar-refractivity contribution in [1.29, 1.82) is 0 Å². The fourth-order valence-electron chi connectivity index (χ4n) is 5.18. The molecule has 1 aliphatic carbocycles. The molecule has 1 aliphatic heterocycles. The van der Waals surface area contributed by atoms with Gasteiger partial charge < -0.3 is 25.4 Å². The number of nitrogen functional groups attached to an aromatic ring is 1. The molecular weight excluding hydrogens is 338 g/mol. The lowest BCUT2D eigenvalue weighted by Gasteiger charge is -2.46. The Bertz CT molecular complexity index is 869. The minimum absolute atomic E-state index is 0.0470. The van der Waals surface area contributed by atoms with Crippen molar-refractivity contribution in [3.63, 3.8) is 0 Å². The maximum Gasteiger partial charge on any atom is 0.317 e. The van der Waals surface area contributed by atoms with Crippen LogP contribution < -0.4 is 11.1 Å². The van der Waals surface area contributed by atoms with E-state index >= 15 is 0 Å². The third-order valence-electron chi connectivity index (χ3n) is 6.51. The Balaban J connectivity index is 1.66. The highest BCUT2D eigenvalue weighted by Crippen LogP contribution is 2.44. The molecule has 2 heterocycles. The first kappa shape index (κ1) is 18.2. The summed E-state index contributed by atoms with van der Waals surface area (Å²) in [6.07, 6.45) is 4.28. The predicted octanol–water partition coefficient (Wildman–Crippen LogP) is 2.52. The van der Waals surface area contributed by atoms with Crippen LogP contribution in [0.15, 0.2) is 18.3 Å². The van der Waals surface area contributed by atoms with E-state index in [2.05, 4.69) is 47.2 Å². The van der Waals surface area contributed by atoms with E-state index in [-0.39, 0.29) is 12.1 Å². The normalized spacial score (nSPS) is 24.7.